The van der Waals surface area contributed by atoms with Crippen molar-refractivity contribution in [2.24, 2.45) is 0 Å². The maximum absolute atomic E-state index is 13.8. The molecule has 12 heteroatoms. The van der Waals surface area contributed by atoms with Gasteiger partial charge >= 0.3 is 0 Å². The molecule has 2 aliphatic carbocycles. The first-order valence-corrected chi connectivity index (χ1v) is 13.7. The number of anilines is 2. The van der Waals surface area contributed by atoms with Gasteiger partial charge in [0, 0.05) is 44.1 Å². The molecule has 1 aromatic heterocycles. The maximum atomic E-state index is 13.8. The zero-order chi connectivity index (χ0) is 30.8. The molecule has 6 rings (SSSR count). The number of nitrogens with zero attached hydrogens (tertiary/aromatic N) is 4. The number of nitrogens with one attached hydrogen (secondary N) is 1. The van der Waals surface area contributed by atoms with Gasteiger partial charge in [-0.2, -0.15) is 5.26 Å². The summed E-state index contributed by atoms with van der Waals surface area (Å²) in [5.74, 6) is -4.58. The number of aromatic nitrogens is 1. The van der Waals surface area contributed by atoms with Crippen LogP contribution in [-0.2, 0) is 26.3 Å². The molecule has 0 spiro atoms. The minimum atomic E-state index is -2.82. The summed E-state index contributed by atoms with van der Waals surface area (Å²) in [6.07, 6.45) is 3.02. The lowest BCUT2D eigenvalue weighted by atomic mass is 9.84. The molecule has 1 N–H and O–H groups in total. The minimum absolute atomic E-state index is 0.0904. The van der Waals surface area contributed by atoms with Crippen LogP contribution in [0.3, 0.4) is 0 Å². The Bertz CT molecular complexity index is 1580. The van der Waals surface area contributed by atoms with Crippen LogP contribution < -0.4 is 15.1 Å². The molecular weight excluding hydrogens is 566 g/mol. The molecule has 1 unspecified atom stereocenters. The van der Waals surface area contributed by atoms with Gasteiger partial charge in [-0.15, -0.1) is 0 Å². The third-order valence-corrected chi connectivity index (χ3v) is 7.89. The van der Waals surface area contributed by atoms with E-state index in [4.69, 9.17) is 5.26 Å². The van der Waals surface area contributed by atoms with Crippen molar-refractivity contribution >= 4 is 29.7 Å². The lowest BCUT2D eigenvalue weighted by Gasteiger charge is -2.42. The molecule has 8 nitrogen and oxygen atoms in total. The number of carbonyl (C=O) groups excluding carboxylic acids is 3. The highest BCUT2D eigenvalue weighted by molar-refractivity contribution is 5.98. The van der Waals surface area contributed by atoms with E-state index in [9.17, 15) is 31.9 Å². The first-order valence-electron chi connectivity index (χ1n) is 13.7. The van der Waals surface area contributed by atoms with E-state index in [1.54, 1.807) is 47.5 Å². The fourth-order valence-electron chi connectivity index (χ4n) is 5.83. The van der Waals surface area contributed by atoms with Crippen LogP contribution >= 0.6 is 0 Å². The van der Waals surface area contributed by atoms with Gasteiger partial charge in [0.1, 0.15) is 17.5 Å². The molecule has 0 bridgehead atoms. The largest absolute Gasteiger partial charge is 0.351 e. The van der Waals surface area contributed by atoms with E-state index in [2.05, 4.69) is 10.3 Å². The fraction of sp³-hybridized carbons (Fsp3) is 0.323. The first kappa shape index (κ1) is 29.7. The molecule has 1 saturated heterocycles. The Labute approximate surface area is 244 Å². The van der Waals surface area contributed by atoms with Crippen LogP contribution in [0.2, 0.25) is 0 Å². The number of halogens is 4. The van der Waals surface area contributed by atoms with Gasteiger partial charge in [0.2, 0.25) is 12.3 Å². The number of hydrogen-bond acceptors (Lipinski definition) is 5. The second-order valence-electron chi connectivity index (χ2n) is 10.7. The van der Waals surface area contributed by atoms with E-state index < -0.39 is 47.9 Å². The highest BCUT2D eigenvalue weighted by Gasteiger charge is 2.53. The standard InChI is InChI=1S/C21H18F4N2O2.C10H9N3O/c22-14-7-15(23)9-17(8-14)27(12-28)21(6-5-13-3-1-2-4-18(13)21)19(29)26-16-10-20(24,25)11-16;11-7-8-3-4-12-9(6-8)13-5-1-2-10(13)14/h1-4,7-9,12,16H,5-6,10-11H2,(H,26,29);3-4,6H,1-2,5H2. The second kappa shape index (κ2) is 11.8. The number of benzene rings is 2. The molecule has 1 aliphatic heterocycles. The van der Waals surface area contributed by atoms with E-state index in [-0.39, 0.29) is 18.0 Å². The van der Waals surface area contributed by atoms with Crippen LogP contribution in [0.1, 0.15) is 48.8 Å². The molecule has 1 saturated carbocycles. The second-order valence-corrected chi connectivity index (χ2v) is 10.7. The lowest BCUT2D eigenvalue weighted by Crippen LogP contribution is -2.60. The van der Waals surface area contributed by atoms with E-state index in [0.717, 1.165) is 29.0 Å². The van der Waals surface area contributed by atoms with Gasteiger partial charge < -0.3 is 5.32 Å². The van der Waals surface area contributed by atoms with E-state index in [0.29, 0.717) is 48.8 Å². The molecule has 0 radical (unpaired) electrons. The van der Waals surface area contributed by atoms with Crippen molar-refractivity contribution in [1.29, 1.82) is 5.26 Å². The summed E-state index contributed by atoms with van der Waals surface area (Å²) < 4.78 is 54.1. The number of amides is 3. The summed E-state index contributed by atoms with van der Waals surface area (Å²) in [6.45, 7) is 0.709. The zero-order valence-electron chi connectivity index (χ0n) is 22.9. The molecule has 2 aromatic carbocycles. The molecule has 222 valence electrons. The SMILES string of the molecule is N#Cc1ccnc(N2CCCC2=O)c1.O=CN(c1cc(F)cc(F)c1)C1(C(=O)NC2CC(F)(F)C2)CCc2ccccc21. The zero-order valence-corrected chi connectivity index (χ0v) is 22.9. The van der Waals surface area contributed by atoms with Gasteiger partial charge in [-0.3, -0.25) is 24.2 Å². The highest BCUT2D eigenvalue weighted by Crippen LogP contribution is 2.45. The van der Waals surface area contributed by atoms with Crippen LogP contribution in [0.4, 0.5) is 29.1 Å². The van der Waals surface area contributed by atoms with Crippen molar-refractivity contribution < 1.29 is 31.9 Å². The average molecular weight is 594 g/mol. The van der Waals surface area contributed by atoms with E-state index in [1.165, 1.54) is 0 Å². The van der Waals surface area contributed by atoms with Crippen molar-refractivity contribution in [3.63, 3.8) is 0 Å². The van der Waals surface area contributed by atoms with Crippen molar-refractivity contribution in [1.82, 2.24) is 10.3 Å². The summed E-state index contributed by atoms with van der Waals surface area (Å²) in [4.78, 5) is 43.5. The van der Waals surface area contributed by atoms with Crippen LogP contribution in [0.15, 0.2) is 60.8 Å². The summed E-state index contributed by atoms with van der Waals surface area (Å²) in [7, 11) is 0. The number of carbonyl (C=O) groups is 3. The summed E-state index contributed by atoms with van der Waals surface area (Å²) in [6, 6.07) is 14.1. The predicted octanol–water partition coefficient (Wildman–Crippen LogP) is 4.76. The molecular formula is C31H27F4N5O3. The number of rotatable bonds is 6. The Morgan fingerprint density at radius 2 is 1.81 bits per heavy atom. The van der Waals surface area contributed by atoms with Crippen molar-refractivity contribution in [2.45, 2.75) is 56.0 Å². The molecule has 3 aliphatic rings. The third-order valence-electron chi connectivity index (χ3n) is 7.89. The Balaban J connectivity index is 0.000000220. The third kappa shape index (κ3) is 5.93. The van der Waals surface area contributed by atoms with Crippen molar-refractivity contribution in [3.05, 3.63) is 89.1 Å². The van der Waals surface area contributed by atoms with Crippen molar-refractivity contribution in [3.8, 4) is 6.07 Å². The highest BCUT2D eigenvalue weighted by atomic mass is 19.3. The quantitative estimate of drug-likeness (QED) is 0.328. The average Bonchev–Trinajstić information content (AvgIpc) is 3.57. The van der Waals surface area contributed by atoms with Gasteiger partial charge in [-0.05, 0) is 54.7 Å². The fourth-order valence-corrected chi connectivity index (χ4v) is 5.83. The number of nitriles is 1. The first-order chi connectivity index (χ1) is 20.6. The van der Waals surface area contributed by atoms with Crippen LogP contribution in [0, 0.1) is 23.0 Å². The lowest BCUT2D eigenvalue weighted by molar-refractivity contribution is -0.135. The van der Waals surface area contributed by atoms with Gasteiger partial charge in [-0.1, -0.05) is 24.3 Å². The molecule has 3 amide bonds. The topological polar surface area (TPSA) is 106 Å². The number of fused-ring (bicyclic) bond motifs is 1. The van der Waals surface area contributed by atoms with Gasteiger partial charge in [0.25, 0.3) is 11.8 Å². The number of aryl methyl sites for hydroxylation is 1. The van der Waals surface area contributed by atoms with E-state index in [1.807, 2.05) is 6.07 Å². The van der Waals surface area contributed by atoms with Crippen LogP contribution in [0.5, 0.6) is 0 Å². The van der Waals surface area contributed by atoms with E-state index >= 15 is 0 Å². The Kier molecular flexibility index (Phi) is 8.17. The number of hydrogen-bond donors (Lipinski definition) is 1. The Morgan fingerprint density at radius 1 is 1.09 bits per heavy atom. The summed E-state index contributed by atoms with van der Waals surface area (Å²) in [5.41, 5.74) is 0.160. The number of pyridine rings is 1. The summed E-state index contributed by atoms with van der Waals surface area (Å²) in [5, 5.41) is 11.3. The Hall–Kier alpha value is -4.79. The minimum Gasteiger partial charge on any atom is -0.351 e. The molecule has 1 atom stereocenters. The Morgan fingerprint density at radius 3 is 2.44 bits per heavy atom. The molecule has 2 fully saturated rings. The normalized spacial score (nSPS) is 20.3. The molecule has 43 heavy (non-hydrogen) atoms. The van der Waals surface area contributed by atoms with Gasteiger partial charge in [0.15, 0.2) is 5.54 Å². The van der Waals surface area contributed by atoms with Gasteiger partial charge in [-0.25, -0.2) is 22.5 Å². The molecule has 2 heterocycles. The monoisotopic (exact) mass is 593 g/mol. The van der Waals surface area contributed by atoms with Crippen LogP contribution in [-0.4, -0.2) is 41.7 Å². The molecule has 3 aromatic rings. The van der Waals surface area contributed by atoms with Crippen molar-refractivity contribution in [2.75, 3.05) is 16.3 Å². The smallest absolute Gasteiger partial charge is 0.252 e. The van der Waals surface area contributed by atoms with Gasteiger partial charge in [0.05, 0.1) is 17.3 Å². The predicted molar refractivity (Wildman–Crippen MR) is 148 cm³/mol. The maximum Gasteiger partial charge on any atom is 0.252 e. The number of alkyl halides is 2. The summed E-state index contributed by atoms with van der Waals surface area (Å²) >= 11 is 0. The van der Waals surface area contributed by atoms with Crippen LogP contribution in [0.25, 0.3) is 0 Å².